The van der Waals surface area contributed by atoms with Crippen LogP contribution in [0.2, 0.25) is 5.02 Å². The zero-order chi connectivity index (χ0) is 15.8. The average Bonchev–Trinajstić information content (AvgIpc) is 2.94. The Morgan fingerprint density at radius 2 is 2.10 bits per heavy atom. The third-order valence-corrected chi connectivity index (χ3v) is 6.42. The van der Waals surface area contributed by atoms with Gasteiger partial charge in [-0.25, -0.2) is 12.8 Å². The van der Waals surface area contributed by atoms with E-state index in [1.165, 1.54) is 24.5 Å². The van der Waals surface area contributed by atoms with E-state index < -0.39 is 26.8 Å². The molecule has 0 aliphatic heterocycles. The number of nitrogen functional groups attached to an aromatic ring is 1. The number of anilines is 1. The van der Waals surface area contributed by atoms with Crippen LogP contribution in [0.4, 0.5) is 10.1 Å². The predicted molar refractivity (Wildman–Crippen MR) is 83.5 cm³/mol. The number of nitrogens with two attached hydrogens (primary N) is 1. The number of hydrogen-bond donors (Lipinski definition) is 1. The molecule has 114 valence electrons. The van der Waals surface area contributed by atoms with Crippen molar-refractivity contribution in [3.63, 3.8) is 0 Å². The van der Waals surface area contributed by atoms with E-state index in [0.717, 1.165) is 15.2 Å². The molecule has 8 heteroatoms. The SMILES string of the molecule is CC(c1cccs1)N(C)S(=O)(=O)c1cc(N)cc(Cl)c1F. The summed E-state index contributed by atoms with van der Waals surface area (Å²) < 4.78 is 40.3. The van der Waals surface area contributed by atoms with Gasteiger partial charge in [0.1, 0.15) is 4.90 Å². The van der Waals surface area contributed by atoms with Gasteiger partial charge in [0.2, 0.25) is 10.0 Å². The van der Waals surface area contributed by atoms with Gasteiger partial charge in [0.15, 0.2) is 5.82 Å². The van der Waals surface area contributed by atoms with Gasteiger partial charge in [0.25, 0.3) is 0 Å². The van der Waals surface area contributed by atoms with Gasteiger partial charge in [-0.2, -0.15) is 4.31 Å². The van der Waals surface area contributed by atoms with E-state index in [9.17, 15) is 12.8 Å². The fraction of sp³-hybridized carbons (Fsp3) is 0.231. The largest absolute Gasteiger partial charge is 0.399 e. The van der Waals surface area contributed by atoms with E-state index in [0.29, 0.717) is 0 Å². The Balaban J connectivity index is 2.47. The Kier molecular flexibility index (Phi) is 4.57. The zero-order valence-corrected chi connectivity index (χ0v) is 13.8. The number of hydrogen-bond acceptors (Lipinski definition) is 4. The summed E-state index contributed by atoms with van der Waals surface area (Å²) in [5.74, 6) is -0.990. The quantitative estimate of drug-likeness (QED) is 0.860. The Labute approximate surface area is 132 Å². The molecule has 0 saturated heterocycles. The first-order chi connectivity index (χ1) is 9.75. The van der Waals surface area contributed by atoms with Gasteiger partial charge in [0.05, 0.1) is 11.1 Å². The van der Waals surface area contributed by atoms with Crippen molar-refractivity contribution in [3.8, 4) is 0 Å². The van der Waals surface area contributed by atoms with Gasteiger partial charge in [-0.15, -0.1) is 11.3 Å². The minimum atomic E-state index is -4.04. The summed E-state index contributed by atoms with van der Waals surface area (Å²) >= 11 is 7.10. The highest BCUT2D eigenvalue weighted by molar-refractivity contribution is 7.89. The van der Waals surface area contributed by atoms with E-state index in [4.69, 9.17) is 17.3 Å². The van der Waals surface area contributed by atoms with Crippen LogP contribution in [0.15, 0.2) is 34.5 Å². The van der Waals surface area contributed by atoms with Crippen LogP contribution in [-0.2, 0) is 10.0 Å². The van der Waals surface area contributed by atoms with Gasteiger partial charge in [-0.1, -0.05) is 17.7 Å². The van der Waals surface area contributed by atoms with Crippen molar-refractivity contribution in [1.82, 2.24) is 4.31 Å². The topological polar surface area (TPSA) is 63.4 Å². The molecule has 1 unspecified atom stereocenters. The number of sulfonamides is 1. The van der Waals surface area contributed by atoms with E-state index in [1.807, 2.05) is 17.5 Å². The second-order valence-corrected chi connectivity index (χ2v) is 7.88. The second kappa shape index (κ2) is 5.92. The maximum Gasteiger partial charge on any atom is 0.246 e. The van der Waals surface area contributed by atoms with E-state index >= 15 is 0 Å². The van der Waals surface area contributed by atoms with Crippen LogP contribution in [0.5, 0.6) is 0 Å². The van der Waals surface area contributed by atoms with Gasteiger partial charge < -0.3 is 5.73 Å². The molecule has 1 aromatic heterocycles. The molecule has 1 heterocycles. The van der Waals surface area contributed by atoms with Crippen LogP contribution in [0.1, 0.15) is 17.8 Å². The molecule has 2 rings (SSSR count). The predicted octanol–water partition coefficient (Wildman–Crippen LogP) is 3.50. The molecule has 0 bridgehead atoms. The molecule has 21 heavy (non-hydrogen) atoms. The number of rotatable bonds is 4. The van der Waals surface area contributed by atoms with Crippen molar-refractivity contribution in [2.75, 3.05) is 12.8 Å². The molecule has 0 spiro atoms. The highest BCUT2D eigenvalue weighted by Crippen LogP contribution is 2.32. The summed E-state index contributed by atoms with van der Waals surface area (Å²) in [6, 6.07) is 5.49. The normalized spacial score (nSPS) is 13.6. The molecule has 2 aromatic rings. The van der Waals surface area contributed by atoms with Gasteiger partial charge >= 0.3 is 0 Å². The first kappa shape index (κ1) is 16.2. The van der Waals surface area contributed by atoms with Crippen molar-refractivity contribution in [2.45, 2.75) is 17.9 Å². The molecule has 1 aromatic carbocycles. The highest BCUT2D eigenvalue weighted by Gasteiger charge is 2.30. The van der Waals surface area contributed by atoms with Crippen LogP contribution < -0.4 is 5.73 Å². The van der Waals surface area contributed by atoms with Crippen LogP contribution in [-0.4, -0.2) is 19.8 Å². The molecule has 0 aliphatic rings. The Bertz CT molecular complexity index is 748. The molecule has 0 saturated carbocycles. The number of thiophene rings is 1. The van der Waals surface area contributed by atoms with Crippen molar-refractivity contribution < 1.29 is 12.8 Å². The summed E-state index contributed by atoms with van der Waals surface area (Å²) in [5, 5.41) is 1.54. The third kappa shape index (κ3) is 3.06. The summed E-state index contributed by atoms with van der Waals surface area (Å²) in [7, 11) is -2.64. The zero-order valence-electron chi connectivity index (χ0n) is 11.4. The lowest BCUT2D eigenvalue weighted by Crippen LogP contribution is -2.30. The standard InChI is InChI=1S/C13H14ClFN2O2S2/c1-8(11-4-3-5-20-11)17(2)21(18,19)12-7-9(16)6-10(14)13(12)15/h3-8H,16H2,1-2H3. The minimum Gasteiger partial charge on any atom is -0.399 e. The molecular weight excluding hydrogens is 335 g/mol. The minimum absolute atomic E-state index is 0.0946. The second-order valence-electron chi connectivity index (χ2n) is 4.53. The monoisotopic (exact) mass is 348 g/mol. The number of nitrogens with zero attached hydrogens (tertiary/aromatic N) is 1. The number of benzene rings is 1. The first-order valence-electron chi connectivity index (χ1n) is 6.01. The molecule has 1 atom stereocenters. The lowest BCUT2D eigenvalue weighted by Gasteiger charge is -2.24. The fourth-order valence-electron chi connectivity index (χ4n) is 1.84. The van der Waals surface area contributed by atoms with E-state index in [-0.39, 0.29) is 10.7 Å². The maximum atomic E-state index is 14.1. The molecule has 0 fully saturated rings. The van der Waals surface area contributed by atoms with Crippen LogP contribution in [0.3, 0.4) is 0 Å². The highest BCUT2D eigenvalue weighted by atomic mass is 35.5. The van der Waals surface area contributed by atoms with Gasteiger partial charge in [0, 0.05) is 17.6 Å². The maximum absolute atomic E-state index is 14.1. The molecule has 0 radical (unpaired) electrons. The molecule has 4 nitrogen and oxygen atoms in total. The van der Waals surface area contributed by atoms with E-state index in [1.54, 1.807) is 6.92 Å². The lowest BCUT2D eigenvalue weighted by molar-refractivity contribution is 0.399. The van der Waals surface area contributed by atoms with Crippen molar-refractivity contribution in [3.05, 3.63) is 45.4 Å². The Hall–Kier alpha value is -1.15. The van der Waals surface area contributed by atoms with Gasteiger partial charge in [-0.3, -0.25) is 0 Å². The molecule has 2 N–H and O–H groups in total. The van der Waals surface area contributed by atoms with Crippen LogP contribution in [0.25, 0.3) is 0 Å². The van der Waals surface area contributed by atoms with Crippen molar-refractivity contribution in [2.24, 2.45) is 0 Å². The smallest absolute Gasteiger partial charge is 0.246 e. The summed E-state index contributed by atoms with van der Waals surface area (Å²) in [6.45, 7) is 1.73. The van der Waals surface area contributed by atoms with Gasteiger partial charge in [-0.05, 0) is 30.5 Å². The Morgan fingerprint density at radius 3 is 2.67 bits per heavy atom. The summed E-state index contributed by atoms with van der Waals surface area (Å²) in [4.78, 5) is 0.342. The summed E-state index contributed by atoms with van der Waals surface area (Å²) in [6.07, 6.45) is 0. The lowest BCUT2D eigenvalue weighted by atomic mass is 10.3. The average molecular weight is 349 g/mol. The van der Waals surface area contributed by atoms with Crippen molar-refractivity contribution in [1.29, 1.82) is 0 Å². The fourth-order valence-corrected chi connectivity index (χ4v) is 4.48. The molecule has 0 aliphatic carbocycles. The number of halogens is 2. The molecule has 0 amide bonds. The van der Waals surface area contributed by atoms with Crippen molar-refractivity contribution >= 4 is 38.6 Å². The molecular formula is C13H14ClFN2O2S2. The Morgan fingerprint density at radius 1 is 1.43 bits per heavy atom. The van der Waals surface area contributed by atoms with Crippen LogP contribution >= 0.6 is 22.9 Å². The van der Waals surface area contributed by atoms with Crippen LogP contribution in [0, 0.1) is 5.82 Å². The third-order valence-electron chi connectivity index (χ3n) is 3.17. The summed E-state index contributed by atoms with van der Waals surface area (Å²) in [5.41, 5.74) is 5.66. The first-order valence-corrected chi connectivity index (χ1v) is 8.71. The van der Waals surface area contributed by atoms with E-state index in [2.05, 4.69) is 0 Å².